The van der Waals surface area contributed by atoms with Gasteiger partial charge in [-0.3, -0.25) is 20.3 Å². The molecule has 0 amide bonds. The molecular formula is C23H28N6O. The topological polar surface area (TPSA) is 104 Å². The Bertz CT molecular complexity index is 1140. The summed E-state index contributed by atoms with van der Waals surface area (Å²) in [6.07, 6.45) is 2.90. The van der Waals surface area contributed by atoms with Crippen molar-refractivity contribution in [2.45, 2.75) is 39.0 Å². The van der Waals surface area contributed by atoms with Gasteiger partial charge in [-0.1, -0.05) is 24.3 Å². The fourth-order valence-corrected chi connectivity index (χ4v) is 3.81. The zero-order chi connectivity index (χ0) is 21.3. The number of nitrogens with zero attached hydrogens (tertiary/aromatic N) is 3. The third-order valence-electron chi connectivity index (χ3n) is 5.25. The number of pyridine rings is 2. The van der Waals surface area contributed by atoms with Crippen LogP contribution in [-0.4, -0.2) is 45.5 Å². The van der Waals surface area contributed by atoms with E-state index in [0.29, 0.717) is 11.4 Å². The Morgan fingerprint density at radius 3 is 2.80 bits per heavy atom. The molecule has 3 aromatic rings. The number of likely N-dealkylation sites (tertiary alicyclic amines) is 1. The molecule has 1 fully saturated rings. The number of aromatic nitrogens is 2. The summed E-state index contributed by atoms with van der Waals surface area (Å²) in [6.45, 7) is 6.58. The van der Waals surface area contributed by atoms with Crippen LogP contribution in [-0.2, 0) is 6.54 Å². The fraction of sp³-hybridized carbons (Fsp3) is 0.348. The van der Waals surface area contributed by atoms with Gasteiger partial charge in [0.05, 0.1) is 6.10 Å². The van der Waals surface area contributed by atoms with Gasteiger partial charge in [0.2, 0.25) is 0 Å². The van der Waals surface area contributed by atoms with Gasteiger partial charge in [0.15, 0.2) is 5.84 Å². The van der Waals surface area contributed by atoms with Crippen molar-refractivity contribution in [2.24, 2.45) is 5.73 Å². The molecule has 2 aromatic heterocycles. The maximum atomic E-state index is 8.72. The Hall–Kier alpha value is -3.03. The van der Waals surface area contributed by atoms with E-state index in [1.807, 2.05) is 56.4 Å². The van der Waals surface area contributed by atoms with Crippen LogP contribution in [0.2, 0.25) is 0 Å². The Kier molecular flexibility index (Phi) is 5.65. The monoisotopic (exact) mass is 404 g/mol. The molecule has 0 bridgehead atoms. The Morgan fingerprint density at radius 2 is 2.07 bits per heavy atom. The molecule has 156 valence electrons. The number of ether oxygens (including phenoxy) is 1. The highest BCUT2D eigenvalue weighted by Crippen LogP contribution is 2.25. The molecule has 30 heavy (non-hydrogen) atoms. The zero-order valence-electron chi connectivity index (χ0n) is 17.4. The Balaban J connectivity index is 1.66. The van der Waals surface area contributed by atoms with Gasteiger partial charge in [-0.25, -0.2) is 4.98 Å². The first-order chi connectivity index (χ1) is 14.4. The summed E-state index contributed by atoms with van der Waals surface area (Å²) in [5.74, 6) is 0.869. The summed E-state index contributed by atoms with van der Waals surface area (Å²) < 4.78 is 7.48. The van der Waals surface area contributed by atoms with Crippen molar-refractivity contribution in [3.05, 3.63) is 65.4 Å². The lowest BCUT2D eigenvalue weighted by Crippen LogP contribution is -2.29. The number of hydrogen-bond donors (Lipinski definition) is 3. The lowest BCUT2D eigenvalue weighted by molar-refractivity contribution is 0.245. The summed E-state index contributed by atoms with van der Waals surface area (Å²) in [4.78, 5) is 7.01. The van der Waals surface area contributed by atoms with Crippen molar-refractivity contribution in [3.8, 4) is 5.75 Å². The molecule has 1 aliphatic rings. The molecule has 1 aromatic carbocycles. The summed E-state index contributed by atoms with van der Waals surface area (Å²) in [6, 6.07) is 13.5. The average Bonchev–Trinajstić information content (AvgIpc) is 3.13. The lowest BCUT2D eigenvalue weighted by Gasteiger charge is -2.17. The van der Waals surface area contributed by atoms with Crippen LogP contribution >= 0.6 is 0 Å². The Morgan fingerprint density at radius 1 is 1.23 bits per heavy atom. The molecule has 0 saturated carbocycles. The summed E-state index contributed by atoms with van der Waals surface area (Å²) in [5.41, 5.74) is 8.54. The highest BCUT2D eigenvalue weighted by Gasteiger charge is 2.19. The second-order valence-electron chi connectivity index (χ2n) is 8.12. The predicted octanol–water partition coefficient (Wildman–Crippen LogP) is 2.71. The van der Waals surface area contributed by atoms with Gasteiger partial charge in [-0.2, -0.15) is 0 Å². The molecule has 7 nitrogen and oxygen atoms in total. The van der Waals surface area contributed by atoms with Crippen LogP contribution < -0.4 is 16.0 Å². The van der Waals surface area contributed by atoms with Crippen LogP contribution in [0.15, 0.2) is 48.7 Å². The molecule has 7 heteroatoms. The van der Waals surface area contributed by atoms with Crippen molar-refractivity contribution in [1.29, 1.82) is 10.8 Å². The molecule has 0 aliphatic carbocycles. The maximum Gasteiger partial charge on any atom is 0.156 e. The van der Waals surface area contributed by atoms with E-state index in [9.17, 15) is 0 Å². The van der Waals surface area contributed by atoms with Gasteiger partial charge in [0.25, 0.3) is 0 Å². The van der Waals surface area contributed by atoms with Gasteiger partial charge in [0.1, 0.15) is 22.4 Å². The molecule has 4 N–H and O–H groups in total. The number of rotatable bonds is 5. The predicted molar refractivity (Wildman–Crippen MR) is 118 cm³/mol. The second-order valence-corrected chi connectivity index (χ2v) is 8.12. The molecule has 1 atom stereocenters. The largest absolute Gasteiger partial charge is 0.489 e. The van der Waals surface area contributed by atoms with Crippen molar-refractivity contribution >= 4 is 16.7 Å². The summed E-state index contributed by atoms with van der Waals surface area (Å²) in [5, 5.41) is 18.0. The van der Waals surface area contributed by atoms with Crippen LogP contribution in [0, 0.1) is 10.8 Å². The van der Waals surface area contributed by atoms with E-state index < -0.39 is 0 Å². The SMILES string of the molecule is CC(C)Oc1cccc2ccc(C(=N)n3cc(CN4CCC(N)C4)ccc3=N)nc12. The molecule has 1 unspecified atom stereocenters. The summed E-state index contributed by atoms with van der Waals surface area (Å²) in [7, 11) is 0. The van der Waals surface area contributed by atoms with Crippen LogP contribution in [0.3, 0.4) is 0 Å². The first-order valence-electron chi connectivity index (χ1n) is 10.3. The highest BCUT2D eigenvalue weighted by atomic mass is 16.5. The van der Waals surface area contributed by atoms with Gasteiger partial charge < -0.3 is 10.5 Å². The molecular weight excluding hydrogens is 376 g/mol. The van der Waals surface area contributed by atoms with Crippen molar-refractivity contribution in [1.82, 2.24) is 14.5 Å². The van der Waals surface area contributed by atoms with Crippen LogP contribution in [0.5, 0.6) is 5.75 Å². The van der Waals surface area contributed by atoms with Gasteiger partial charge >= 0.3 is 0 Å². The van der Waals surface area contributed by atoms with Gasteiger partial charge in [-0.05, 0) is 44.0 Å². The molecule has 3 heterocycles. The minimum Gasteiger partial charge on any atom is -0.489 e. The molecule has 1 aliphatic heterocycles. The lowest BCUT2D eigenvalue weighted by atomic mass is 10.1. The summed E-state index contributed by atoms with van der Waals surface area (Å²) >= 11 is 0. The van der Waals surface area contributed by atoms with E-state index in [-0.39, 0.29) is 23.5 Å². The van der Waals surface area contributed by atoms with Crippen LogP contribution in [0.4, 0.5) is 0 Å². The quantitative estimate of drug-likeness (QED) is 0.449. The van der Waals surface area contributed by atoms with E-state index in [1.54, 1.807) is 10.6 Å². The first kappa shape index (κ1) is 20.3. The molecule has 0 radical (unpaired) electrons. The minimum absolute atomic E-state index is 0.0325. The first-order valence-corrected chi connectivity index (χ1v) is 10.3. The average molecular weight is 405 g/mol. The molecule has 1 saturated heterocycles. The smallest absolute Gasteiger partial charge is 0.156 e. The number of nitrogens with two attached hydrogens (primary N) is 1. The highest BCUT2D eigenvalue weighted by molar-refractivity contribution is 5.98. The third kappa shape index (κ3) is 4.27. The molecule has 4 rings (SSSR count). The van der Waals surface area contributed by atoms with Crippen molar-refractivity contribution in [3.63, 3.8) is 0 Å². The van der Waals surface area contributed by atoms with Gasteiger partial charge in [0, 0.05) is 37.3 Å². The standard InChI is InChI=1S/C23H28N6O/c1-15(2)30-20-5-3-4-17-7-8-19(27-22(17)20)23(26)29-13-16(6-9-21(29)25)12-28-11-10-18(24)14-28/h3-9,13,15,18,25-26H,10-12,14,24H2,1-2H3. The molecule has 0 spiro atoms. The van der Waals surface area contributed by atoms with Gasteiger partial charge in [-0.15, -0.1) is 0 Å². The zero-order valence-corrected chi connectivity index (χ0v) is 17.4. The number of nitrogens with one attached hydrogen (secondary N) is 2. The van der Waals surface area contributed by atoms with E-state index >= 15 is 0 Å². The van der Waals surface area contributed by atoms with E-state index in [4.69, 9.17) is 26.3 Å². The third-order valence-corrected chi connectivity index (χ3v) is 5.25. The number of para-hydroxylation sites is 1. The number of hydrogen-bond acceptors (Lipinski definition) is 6. The normalized spacial score (nSPS) is 17.0. The van der Waals surface area contributed by atoms with E-state index in [2.05, 4.69) is 4.90 Å². The van der Waals surface area contributed by atoms with Crippen molar-refractivity contribution < 1.29 is 4.74 Å². The fourth-order valence-electron chi connectivity index (χ4n) is 3.81. The van der Waals surface area contributed by atoms with Crippen molar-refractivity contribution in [2.75, 3.05) is 13.1 Å². The van der Waals surface area contributed by atoms with E-state index in [0.717, 1.165) is 42.5 Å². The number of fused-ring (bicyclic) bond motifs is 1. The number of benzene rings is 1. The Labute approximate surface area is 176 Å². The minimum atomic E-state index is 0.0325. The van der Waals surface area contributed by atoms with Crippen LogP contribution in [0.25, 0.3) is 10.9 Å². The van der Waals surface area contributed by atoms with Crippen LogP contribution in [0.1, 0.15) is 31.5 Å². The second kappa shape index (κ2) is 8.38. The maximum absolute atomic E-state index is 8.72. The van der Waals surface area contributed by atoms with E-state index in [1.165, 1.54) is 0 Å².